The van der Waals surface area contributed by atoms with Crippen LogP contribution in [0.2, 0.25) is 10.0 Å². The van der Waals surface area contributed by atoms with Crippen LogP contribution in [0.3, 0.4) is 0 Å². The summed E-state index contributed by atoms with van der Waals surface area (Å²) in [6.45, 7) is 6.34. The van der Waals surface area contributed by atoms with Crippen LogP contribution in [0, 0.1) is 6.92 Å². The zero-order valence-electron chi connectivity index (χ0n) is 14.7. The van der Waals surface area contributed by atoms with Crippen LogP contribution in [0.25, 0.3) is 6.08 Å². The SMILES string of the molecule is CC(C)=CCOc1cc(C)c2c(c1)O/C(=C\c1c(Cl)cccc1Cl)C2=O. The largest absolute Gasteiger partial charge is 0.489 e. The van der Waals surface area contributed by atoms with Gasteiger partial charge in [0.1, 0.15) is 18.1 Å². The van der Waals surface area contributed by atoms with E-state index in [0.717, 1.165) is 5.56 Å². The summed E-state index contributed by atoms with van der Waals surface area (Å²) in [6.07, 6.45) is 3.56. The Morgan fingerprint density at radius 2 is 1.88 bits per heavy atom. The first-order valence-electron chi connectivity index (χ1n) is 8.16. The molecule has 0 radical (unpaired) electrons. The Bertz CT molecular complexity index is 918. The Hall–Kier alpha value is -2.23. The van der Waals surface area contributed by atoms with Crippen LogP contribution in [0.15, 0.2) is 47.7 Å². The molecule has 0 saturated heterocycles. The topological polar surface area (TPSA) is 35.5 Å². The van der Waals surface area contributed by atoms with Gasteiger partial charge in [-0.1, -0.05) is 34.8 Å². The molecular weight excluding hydrogens is 371 g/mol. The zero-order chi connectivity index (χ0) is 18.8. The molecule has 0 aromatic heterocycles. The number of halogens is 2. The van der Waals surface area contributed by atoms with Crippen LogP contribution in [-0.4, -0.2) is 12.4 Å². The van der Waals surface area contributed by atoms with Gasteiger partial charge in [0.05, 0.1) is 5.56 Å². The molecule has 1 aliphatic heterocycles. The number of allylic oxidation sites excluding steroid dienone is 2. The lowest BCUT2D eigenvalue weighted by atomic mass is 10.0. The summed E-state index contributed by atoms with van der Waals surface area (Å²) in [5.74, 6) is 1.14. The van der Waals surface area contributed by atoms with Gasteiger partial charge in [-0.25, -0.2) is 0 Å². The molecule has 0 fully saturated rings. The summed E-state index contributed by atoms with van der Waals surface area (Å²) in [6, 6.07) is 8.75. The van der Waals surface area contributed by atoms with Gasteiger partial charge >= 0.3 is 0 Å². The number of rotatable bonds is 4. The van der Waals surface area contributed by atoms with E-state index >= 15 is 0 Å². The molecule has 0 amide bonds. The second-order valence-corrected chi connectivity index (χ2v) is 7.10. The molecule has 1 heterocycles. The lowest BCUT2D eigenvalue weighted by Gasteiger charge is -2.07. The second-order valence-electron chi connectivity index (χ2n) is 6.28. The minimum atomic E-state index is -0.190. The molecule has 26 heavy (non-hydrogen) atoms. The highest BCUT2D eigenvalue weighted by Crippen LogP contribution is 2.38. The van der Waals surface area contributed by atoms with Crippen LogP contribution in [0.4, 0.5) is 0 Å². The number of carbonyl (C=O) groups excluding carboxylic acids is 1. The van der Waals surface area contributed by atoms with Crippen molar-refractivity contribution in [3.63, 3.8) is 0 Å². The van der Waals surface area contributed by atoms with Crippen molar-refractivity contribution >= 4 is 35.1 Å². The summed E-state index contributed by atoms with van der Waals surface area (Å²) in [5, 5.41) is 0.916. The van der Waals surface area contributed by atoms with E-state index in [0.29, 0.717) is 39.3 Å². The maximum absolute atomic E-state index is 12.7. The molecule has 0 unspecified atom stereocenters. The highest BCUT2D eigenvalue weighted by atomic mass is 35.5. The highest BCUT2D eigenvalue weighted by molar-refractivity contribution is 6.37. The third kappa shape index (κ3) is 3.79. The molecule has 134 valence electrons. The van der Waals surface area contributed by atoms with Crippen molar-refractivity contribution in [1.82, 2.24) is 0 Å². The molecule has 3 nitrogen and oxygen atoms in total. The standard InChI is InChI=1S/C21H18Cl2O3/c1-12(2)7-8-25-14-9-13(3)20-18(10-14)26-19(21(20)24)11-15-16(22)5-4-6-17(15)23/h4-7,9-11H,8H2,1-3H3/b19-11-. The number of carbonyl (C=O) groups is 1. The number of ether oxygens (including phenoxy) is 2. The fraction of sp³-hybridized carbons (Fsp3) is 0.190. The highest BCUT2D eigenvalue weighted by Gasteiger charge is 2.30. The Morgan fingerprint density at radius 1 is 1.19 bits per heavy atom. The lowest BCUT2D eigenvalue weighted by molar-refractivity contribution is 0.101. The Kier molecular flexibility index (Phi) is 5.40. The van der Waals surface area contributed by atoms with Crippen molar-refractivity contribution in [3.05, 3.63) is 74.5 Å². The van der Waals surface area contributed by atoms with Crippen molar-refractivity contribution in [2.75, 3.05) is 6.61 Å². The summed E-state index contributed by atoms with van der Waals surface area (Å²) >= 11 is 12.4. The van der Waals surface area contributed by atoms with Gasteiger partial charge in [0.15, 0.2) is 5.76 Å². The normalized spacial score (nSPS) is 14.2. The average Bonchev–Trinajstić information content (AvgIpc) is 2.87. The molecule has 2 aromatic carbocycles. The van der Waals surface area contributed by atoms with Gasteiger partial charge in [0, 0.05) is 21.7 Å². The number of hydrogen-bond donors (Lipinski definition) is 0. The van der Waals surface area contributed by atoms with Gasteiger partial charge in [-0.15, -0.1) is 0 Å². The minimum absolute atomic E-state index is 0.190. The van der Waals surface area contributed by atoms with E-state index in [-0.39, 0.29) is 11.5 Å². The monoisotopic (exact) mass is 388 g/mol. The van der Waals surface area contributed by atoms with Gasteiger partial charge in [0.2, 0.25) is 5.78 Å². The molecule has 1 aliphatic rings. The molecule has 3 rings (SSSR count). The van der Waals surface area contributed by atoms with E-state index in [4.69, 9.17) is 32.7 Å². The molecule has 0 spiro atoms. The van der Waals surface area contributed by atoms with Crippen molar-refractivity contribution in [2.24, 2.45) is 0 Å². The lowest BCUT2D eigenvalue weighted by Crippen LogP contribution is -2.00. The van der Waals surface area contributed by atoms with E-state index in [1.165, 1.54) is 5.57 Å². The van der Waals surface area contributed by atoms with Crippen molar-refractivity contribution in [3.8, 4) is 11.5 Å². The maximum atomic E-state index is 12.7. The summed E-state index contributed by atoms with van der Waals surface area (Å²) in [7, 11) is 0. The molecule has 0 atom stereocenters. The summed E-state index contributed by atoms with van der Waals surface area (Å²) < 4.78 is 11.5. The third-order valence-corrected chi connectivity index (χ3v) is 4.62. The smallest absolute Gasteiger partial charge is 0.232 e. The fourth-order valence-electron chi connectivity index (χ4n) is 2.65. The van der Waals surface area contributed by atoms with Crippen LogP contribution in [-0.2, 0) is 0 Å². The van der Waals surface area contributed by atoms with E-state index in [2.05, 4.69) is 0 Å². The number of benzene rings is 2. The van der Waals surface area contributed by atoms with Gasteiger partial charge in [-0.2, -0.15) is 0 Å². The van der Waals surface area contributed by atoms with Gasteiger partial charge in [0.25, 0.3) is 0 Å². The Balaban J connectivity index is 1.92. The first-order chi connectivity index (χ1) is 12.4. The number of aryl methyl sites for hydroxylation is 1. The van der Waals surface area contributed by atoms with Gasteiger partial charge < -0.3 is 9.47 Å². The maximum Gasteiger partial charge on any atom is 0.232 e. The van der Waals surface area contributed by atoms with E-state index in [1.54, 1.807) is 30.3 Å². The number of hydrogen-bond acceptors (Lipinski definition) is 3. The van der Waals surface area contributed by atoms with Gasteiger partial charge in [-0.3, -0.25) is 4.79 Å². The van der Waals surface area contributed by atoms with Crippen molar-refractivity contribution < 1.29 is 14.3 Å². The summed E-state index contributed by atoms with van der Waals surface area (Å²) in [5.41, 5.74) is 3.07. The van der Waals surface area contributed by atoms with Crippen LogP contribution >= 0.6 is 23.2 Å². The predicted octanol–water partition coefficient (Wildman–Crippen LogP) is 6.26. The molecule has 0 N–H and O–H groups in total. The molecular formula is C21H18Cl2O3. The molecule has 0 saturated carbocycles. The van der Waals surface area contributed by atoms with Crippen LogP contribution in [0.5, 0.6) is 11.5 Å². The van der Waals surface area contributed by atoms with E-state index in [9.17, 15) is 4.79 Å². The second kappa shape index (κ2) is 7.56. The van der Waals surface area contributed by atoms with Crippen LogP contribution < -0.4 is 9.47 Å². The summed E-state index contributed by atoms with van der Waals surface area (Å²) in [4.78, 5) is 12.7. The molecule has 2 aromatic rings. The Labute approximate surface area is 162 Å². The molecule has 0 aliphatic carbocycles. The first kappa shape index (κ1) is 18.6. The first-order valence-corrected chi connectivity index (χ1v) is 8.91. The van der Waals surface area contributed by atoms with Crippen LogP contribution in [0.1, 0.15) is 35.3 Å². The third-order valence-electron chi connectivity index (χ3n) is 3.96. The predicted molar refractivity (Wildman–Crippen MR) is 106 cm³/mol. The van der Waals surface area contributed by atoms with E-state index in [1.807, 2.05) is 32.9 Å². The van der Waals surface area contributed by atoms with E-state index < -0.39 is 0 Å². The number of ketones is 1. The molecule has 5 heteroatoms. The van der Waals surface area contributed by atoms with Gasteiger partial charge in [-0.05, 0) is 56.7 Å². The van der Waals surface area contributed by atoms with Crippen molar-refractivity contribution in [2.45, 2.75) is 20.8 Å². The van der Waals surface area contributed by atoms with Crippen molar-refractivity contribution in [1.29, 1.82) is 0 Å². The Morgan fingerprint density at radius 3 is 2.54 bits per heavy atom. The average molecular weight is 389 g/mol. The quantitative estimate of drug-likeness (QED) is 0.457. The zero-order valence-corrected chi connectivity index (χ0v) is 16.2. The minimum Gasteiger partial charge on any atom is -0.489 e. The fourth-order valence-corrected chi connectivity index (χ4v) is 3.15. The molecule has 0 bridgehead atoms. The number of fused-ring (bicyclic) bond motifs is 1. The number of Topliss-reactive ketones (excluding diaryl/α,β-unsaturated/α-hetero) is 1.